The highest BCUT2D eigenvalue weighted by Crippen LogP contribution is 2.21. The standard InChI is InChI=1S/C15H23N3O4/c1-2-11(17-15(21)22-10-6-3-4-7-10)14(20)18-9-5-8-12(18)13(16)19/h2,10-12H,1,3-9H2,(H2,16,19)(H,17,21)/t11-,12-/m0/s1. The summed E-state index contributed by atoms with van der Waals surface area (Å²) in [4.78, 5) is 37.1. The highest BCUT2D eigenvalue weighted by molar-refractivity contribution is 5.92. The van der Waals surface area contributed by atoms with Gasteiger partial charge in [0.15, 0.2) is 0 Å². The third-order valence-corrected chi connectivity index (χ3v) is 4.22. The van der Waals surface area contributed by atoms with Crippen molar-refractivity contribution >= 4 is 17.9 Å². The Hall–Kier alpha value is -2.05. The first-order valence-corrected chi connectivity index (χ1v) is 7.72. The quantitative estimate of drug-likeness (QED) is 0.729. The zero-order valence-electron chi connectivity index (χ0n) is 12.6. The molecule has 1 aliphatic heterocycles. The lowest BCUT2D eigenvalue weighted by Gasteiger charge is -2.26. The Balaban J connectivity index is 1.92. The molecule has 2 rings (SSSR count). The monoisotopic (exact) mass is 309 g/mol. The number of likely N-dealkylation sites (tertiary alicyclic amines) is 1. The van der Waals surface area contributed by atoms with Crippen LogP contribution in [0, 0.1) is 0 Å². The predicted molar refractivity (Wildman–Crippen MR) is 79.8 cm³/mol. The summed E-state index contributed by atoms with van der Waals surface area (Å²) < 4.78 is 5.27. The lowest BCUT2D eigenvalue weighted by molar-refractivity contribution is -0.138. The van der Waals surface area contributed by atoms with E-state index in [1.165, 1.54) is 11.0 Å². The van der Waals surface area contributed by atoms with Crippen molar-refractivity contribution in [1.29, 1.82) is 0 Å². The third kappa shape index (κ3) is 3.78. The molecule has 3 N–H and O–H groups in total. The average molecular weight is 309 g/mol. The van der Waals surface area contributed by atoms with Gasteiger partial charge in [0.2, 0.25) is 11.8 Å². The molecule has 0 aromatic carbocycles. The Morgan fingerprint density at radius 1 is 1.23 bits per heavy atom. The molecule has 1 saturated carbocycles. The number of nitrogens with zero attached hydrogens (tertiary/aromatic N) is 1. The van der Waals surface area contributed by atoms with E-state index >= 15 is 0 Å². The van der Waals surface area contributed by atoms with Crippen molar-refractivity contribution in [2.24, 2.45) is 5.73 Å². The molecule has 2 atom stereocenters. The number of primary amides is 1. The van der Waals surface area contributed by atoms with Crippen LogP contribution in [-0.4, -0.2) is 47.5 Å². The molecule has 22 heavy (non-hydrogen) atoms. The van der Waals surface area contributed by atoms with Crippen LogP contribution in [0.2, 0.25) is 0 Å². The van der Waals surface area contributed by atoms with Crippen molar-refractivity contribution in [3.63, 3.8) is 0 Å². The summed E-state index contributed by atoms with van der Waals surface area (Å²) in [7, 11) is 0. The Morgan fingerprint density at radius 2 is 1.91 bits per heavy atom. The molecule has 122 valence electrons. The molecular weight excluding hydrogens is 286 g/mol. The van der Waals surface area contributed by atoms with Crippen LogP contribution in [0.5, 0.6) is 0 Å². The second-order valence-corrected chi connectivity index (χ2v) is 5.76. The number of carbonyl (C=O) groups excluding carboxylic acids is 3. The molecule has 0 bridgehead atoms. The van der Waals surface area contributed by atoms with Crippen molar-refractivity contribution < 1.29 is 19.1 Å². The van der Waals surface area contributed by atoms with Gasteiger partial charge in [-0.3, -0.25) is 9.59 Å². The van der Waals surface area contributed by atoms with Gasteiger partial charge in [0.25, 0.3) is 0 Å². The highest BCUT2D eigenvalue weighted by atomic mass is 16.6. The minimum Gasteiger partial charge on any atom is -0.446 e. The van der Waals surface area contributed by atoms with Crippen molar-refractivity contribution in [1.82, 2.24) is 10.2 Å². The molecular formula is C15H23N3O4. The van der Waals surface area contributed by atoms with E-state index in [1.54, 1.807) is 0 Å². The largest absolute Gasteiger partial charge is 0.446 e. The van der Waals surface area contributed by atoms with Gasteiger partial charge >= 0.3 is 6.09 Å². The number of alkyl carbamates (subject to hydrolysis) is 1. The maximum Gasteiger partial charge on any atom is 0.408 e. The van der Waals surface area contributed by atoms with E-state index in [2.05, 4.69) is 11.9 Å². The number of ether oxygens (including phenoxy) is 1. The number of rotatable bonds is 5. The van der Waals surface area contributed by atoms with Crippen LogP contribution in [0.4, 0.5) is 4.79 Å². The van der Waals surface area contributed by atoms with Crippen molar-refractivity contribution in [3.05, 3.63) is 12.7 Å². The molecule has 1 saturated heterocycles. The first-order valence-electron chi connectivity index (χ1n) is 7.72. The molecule has 0 unspecified atom stereocenters. The summed E-state index contributed by atoms with van der Waals surface area (Å²) >= 11 is 0. The van der Waals surface area contributed by atoms with Gasteiger partial charge in [-0.15, -0.1) is 6.58 Å². The molecule has 2 fully saturated rings. The van der Waals surface area contributed by atoms with Crippen molar-refractivity contribution in [2.45, 2.75) is 56.7 Å². The van der Waals surface area contributed by atoms with Gasteiger partial charge in [-0.25, -0.2) is 4.79 Å². The van der Waals surface area contributed by atoms with Gasteiger partial charge in [-0.2, -0.15) is 0 Å². The fraction of sp³-hybridized carbons (Fsp3) is 0.667. The SMILES string of the molecule is C=C[C@H](NC(=O)OC1CCCC1)C(=O)N1CCC[C@H]1C(N)=O. The molecule has 3 amide bonds. The summed E-state index contributed by atoms with van der Waals surface area (Å²) in [5.41, 5.74) is 5.31. The van der Waals surface area contributed by atoms with Crippen LogP contribution in [0.25, 0.3) is 0 Å². The molecule has 0 aromatic rings. The smallest absolute Gasteiger partial charge is 0.408 e. The molecule has 7 heteroatoms. The first kappa shape index (κ1) is 16.3. The molecule has 1 aliphatic carbocycles. The predicted octanol–water partition coefficient (Wildman–Crippen LogP) is 0.686. The van der Waals surface area contributed by atoms with Crippen LogP contribution in [-0.2, 0) is 14.3 Å². The maximum absolute atomic E-state index is 12.4. The summed E-state index contributed by atoms with van der Waals surface area (Å²) in [6, 6.07) is -1.52. The van der Waals surface area contributed by atoms with Gasteiger partial charge in [0, 0.05) is 6.54 Å². The second-order valence-electron chi connectivity index (χ2n) is 5.76. The van der Waals surface area contributed by atoms with Crippen LogP contribution in [0.3, 0.4) is 0 Å². The maximum atomic E-state index is 12.4. The number of hydrogen-bond donors (Lipinski definition) is 2. The van der Waals surface area contributed by atoms with E-state index in [9.17, 15) is 14.4 Å². The normalized spacial score (nSPS) is 23.1. The zero-order valence-corrected chi connectivity index (χ0v) is 12.6. The molecule has 0 spiro atoms. The van der Waals surface area contributed by atoms with E-state index in [4.69, 9.17) is 10.5 Å². The van der Waals surface area contributed by atoms with Crippen molar-refractivity contribution in [3.8, 4) is 0 Å². The Kier molecular flexibility index (Phi) is 5.41. The van der Waals surface area contributed by atoms with Gasteiger partial charge in [0.1, 0.15) is 18.2 Å². The van der Waals surface area contributed by atoms with E-state index in [0.717, 1.165) is 32.1 Å². The number of nitrogens with one attached hydrogen (secondary N) is 1. The average Bonchev–Trinajstić information content (AvgIpc) is 3.14. The zero-order chi connectivity index (χ0) is 16.1. The topological polar surface area (TPSA) is 102 Å². The van der Waals surface area contributed by atoms with Gasteiger partial charge in [-0.1, -0.05) is 6.08 Å². The number of hydrogen-bond acceptors (Lipinski definition) is 4. The van der Waals surface area contributed by atoms with Crippen molar-refractivity contribution in [2.75, 3.05) is 6.54 Å². The first-order chi connectivity index (χ1) is 10.5. The van der Waals surface area contributed by atoms with E-state index in [1.807, 2.05) is 0 Å². The fourth-order valence-electron chi connectivity index (χ4n) is 3.04. The Bertz CT molecular complexity index is 460. The van der Waals surface area contributed by atoms with Crippen LogP contribution in [0.1, 0.15) is 38.5 Å². The van der Waals surface area contributed by atoms with Crippen LogP contribution < -0.4 is 11.1 Å². The number of amides is 3. The summed E-state index contributed by atoms with van der Waals surface area (Å²) in [6.45, 7) is 4.03. The summed E-state index contributed by atoms with van der Waals surface area (Å²) in [6.07, 6.45) is 5.73. The van der Waals surface area contributed by atoms with E-state index in [-0.39, 0.29) is 12.0 Å². The van der Waals surface area contributed by atoms with Gasteiger partial charge in [0.05, 0.1) is 0 Å². The summed E-state index contributed by atoms with van der Waals surface area (Å²) in [5.74, 6) is -0.901. The number of carbonyl (C=O) groups is 3. The van der Waals surface area contributed by atoms with E-state index < -0.39 is 24.1 Å². The lowest BCUT2D eigenvalue weighted by Crippen LogP contribution is -2.52. The molecule has 7 nitrogen and oxygen atoms in total. The van der Waals surface area contributed by atoms with Gasteiger partial charge in [-0.05, 0) is 38.5 Å². The number of nitrogens with two attached hydrogens (primary N) is 1. The minimum atomic E-state index is -0.908. The van der Waals surface area contributed by atoms with Crippen LogP contribution >= 0.6 is 0 Å². The fourth-order valence-corrected chi connectivity index (χ4v) is 3.04. The molecule has 1 heterocycles. The Labute approximate surface area is 129 Å². The van der Waals surface area contributed by atoms with Crippen LogP contribution in [0.15, 0.2) is 12.7 Å². The molecule has 0 aromatic heterocycles. The Morgan fingerprint density at radius 3 is 2.50 bits per heavy atom. The highest BCUT2D eigenvalue weighted by Gasteiger charge is 2.36. The molecule has 2 aliphatic rings. The molecule has 0 radical (unpaired) electrons. The summed E-state index contributed by atoms with van der Waals surface area (Å²) in [5, 5.41) is 2.51. The lowest BCUT2D eigenvalue weighted by atomic mass is 10.2. The van der Waals surface area contributed by atoms with E-state index in [0.29, 0.717) is 13.0 Å². The second kappa shape index (κ2) is 7.29. The minimum absolute atomic E-state index is 0.0780. The third-order valence-electron chi connectivity index (χ3n) is 4.22. The van der Waals surface area contributed by atoms with Gasteiger partial charge < -0.3 is 20.7 Å².